The molecular formula is C30H41F3N8O3. The SMILES string of the molecule is Cc1cnn(C)c1C1CCN(c2cc(N3CC(N4CCN(C(=O)OC(C)(C)C)C[C@@H]4CO)C3)c(C#N)c(C(F)(F)F)n2)CC1. The molecule has 0 spiro atoms. The van der Waals surface area contributed by atoms with Crippen molar-refractivity contribution in [1.29, 1.82) is 5.26 Å². The van der Waals surface area contributed by atoms with Gasteiger partial charge in [-0.05, 0) is 46.1 Å². The van der Waals surface area contributed by atoms with E-state index in [1.165, 1.54) is 0 Å². The number of aromatic nitrogens is 3. The van der Waals surface area contributed by atoms with Crippen LogP contribution in [0.1, 0.15) is 62.0 Å². The first-order chi connectivity index (χ1) is 20.7. The molecule has 11 nitrogen and oxygen atoms in total. The van der Waals surface area contributed by atoms with Crippen LogP contribution >= 0.6 is 0 Å². The van der Waals surface area contributed by atoms with E-state index in [1.54, 1.807) is 42.7 Å². The number of carbonyl (C=O) groups excluding carboxylic acids is 1. The number of pyridine rings is 1. The molecule has 0 unspecified atom stereocenters. The number of anilines is 2. The lowest BCUT2D eigenvalue weighted by molar-refractivity contribution is -0.141. The summed E-state index contributed by atoms with van der Waals surface area (Å²) in [6, 6.07) is 3.01. The molecule has 0 aliphatic carbocycles. The molecule has 3 aliphatic heterocycles. The topological polar surface area (TPSA) is 114 Å². The third kappa shape index (κ3) is 6.44. The fourth-order valence-electron chi connectivity index (χ4n) is 6.64. The minimum atomic E-state index is -4.79. The quantitative estimate of drug-likeness (QED) is 0.538. The number of halogens is 3. The Balaban J connectivity index is 1.31. The number of piperazine rings is 1. The number of piperidine rings is 1. The Morgan fingerprint density at radius 1 is 1.11 bits per heavy atom. The van der Waals surface area contributed by atoms with E-state index in [4.69, 9.17) is 4.74 Å². The lowest BCUT2D eigenvalue weighted by Crippen LogP contribution is -2.67. The number of aliphatic hydroxyl groups excluding tert-OH is 1. The summed E-state index contributed by atoms with van der Waals surface area (Å²) in [5, 5.41) is 24.3. The van der Waals surface area contributed by atoms with E-state index in [2.05, 4.69) is 15.0 Å². The zero-order chi connectivity index (χ0) is 32.0. The van der Waals surface area contributed by atoms with Crippen molar-refractivity contribution < 1.29 is 27.8 Å². The Labute approximate surface area is 255 Å². The second kappa shape index (κ2) is 12.1. The van der Waals surface area contributed by atoms with E-state index in [1.807, 2.05) is 29.7 Å². The first-order valence-electron chi connectivity index (χ1n) is 15.1. The zero-order valence-electron chi connectivity index (χ0n) is 25.9. The van der Waals surface area contributed by atoms with Gasteiger partial charge in [-0.2, -0.15) is 23.5 Å². The van der Waals surface area contributed by atoms with Crippen LogP contribution in [0.2, 0.25) is 0 Å². The van der Waals surface area contributed by atoms with Crippen LogP contribution in [-0.2, 0) is 18.0 Å². The lowest BCUT2D eigenvalue weighted by Gasteiger charge is -2.52. The van der Waals surface area contributed by atoms with Gasteiger partial charge in [-0.15, -0.1) is 0 Å². The molecule has 1 N–H and O–H groups in total. The van der Waals surface area contributed by atoms with E-state index < -0.39 is 29.1 Å². The average Bonchev–Trinajstić information content (AvgIpc) is 3.28. The van der Waals surface area contributed by atoms with Gasteiger partial charge in [0.2, 0.25) is 0 Å². The fourth-order valence-corrected chi connectivity index (χ4v) is 6.64. The third-order valence-electron chi connectivity index (χ3n) is 8.81. The van der Waals surface area contributed by atoms with Crippen molar-refractivity contribution in [2.45, 2.75) is 70.3 Å². The van der Waals surface area contributed by atoms with Crippen LogP contribution in [-0.4, -0.2) is 106 Å². The second-order valence-corrected chi connectivity index (χ2v) is 13.0. The molecule has 0 saturated carbocycles. The highest BCUT2D eigenvalue weighted by Crippen LogP contribution is 2.40. The second-order valence-electron chi connectivity index (χ2n) is 13.0. The number of nitriles is 1. The van der Waals surface area contributed by atoms with E-state index >= 15 is 0 Å². The number of ether oxygens (including phenoxy) is 1. The summed E-state index contributed by atoms with van der Waals surface area (Å²) in [4.78, 5) is 23.9. The molecule has 240 valence electrons. The summed E-state index contributed by atoms with van der Waals surface area (Å²) in [6.45, 7) is 10.3. The van der Waals surface area contributed by atoms with Gasteiger partial charge in [0, 0.05) is 76.6 Å². The molecule has 0 aromatic carbocycles. The molecule has 5 heterocycles. The minimum Gasteiger partial charge on any atom is -0.444 e. The van der Waals surface area contributed by atoms with Gasteiger partial charge in [0.15, 0.2) is 5.69 Å². The molecule has 2 aromatic rings. The van der Waals surface area contributed by atoms with Crippen LogP contribution in [0.3, 0.4) is 0 Å². The van der Waals surface area contributed by atoms with Crippen LogP contribution in [0, 0.1) is 18.3 Å². The summed E-state index contributed by atoms with van der Waals surface area (Å²) < 4.78 is 50.0. The molecule has 5 rings (SSSR count). The van der Waals surface area contributed by atoms with Crippen LogP contribution in [0.5, 0.6) is 0 Å². The van der Waals surface area contributed by atoms with Crippen molar-refractivity contribution in [1.82, 2.24) is 24.6 Å². The zero-order valence-corrected chi connectivity index (χ0v) is 25.9. The Bertz CT molecular complexity index is 1380. The number of aliphatic hydroxyl groups is 1. The number of rotatable bonds is 5. The van der Waals surface area contributed by atoms with Crippen LogP contribution in [0.4, 0.5) is 29.5 Å². The number of alkyl halides is 3. The maximum Gasteiger partial charge on any atom is 0.434 e. The Kier molecular flexibility index (Phi) is 8.74. The highest BCUT2D eigenvalue weighted by molar-refractivity contribution is 5.69. The molecule has 14 heteroatoms. The molecule has 0 bridgehead atoms. The molecule has 3 saturated heterocycles. The van der Waals surface area contributed by atoms with Gasteiger partial charge in [0.1, 0.15) is 23.1 Å². The largest absolute Gasteiger partial charge is 0.444 e. The number of hydrogen-bond donors (Lipinski definition) is 1. The number of aryl methyl sites for hydroxylation is 2. The van der Waals surface area contributed by atoms with Crippen LogP contribution in [0.15, 0.2) is 12.3 Å². The van der Waals surface area contributed by atoms with E-state index in [-0.39, 0.29) is 42.7 Å². The van der Waals surface area contributed by atoms with Crippen molar-refractivity contribution in [2.75, 3.05) is 62.2 Å². The molecule has 1 amide bonds. The smallest absolute Gasteiger partial charge is 0.434 e. The molecule has 2 aromatic heterocycles. The molecule has 3 fully saturated rings. The predicted octanol–water partition coefficient (Wildman–Crippen LogP) is 3.50. The summed E-state index contributed by atoms with van der Waals surface area (Å²) in [5.41, 5.74) is 0.190. The van der Waals surface area contributed by atoms with Crippen molar-refractivity contribution in [3.8, 4) is 6.07 Å². The van der Waals surface area contributed by atoms with Crippen molar-refractivity contribution in [3.05, 3.63) is 34.8 Å². The van der Waals surface area contributed by atoms with Crippen LogP contribution in [0.25, 0.3) is 0 Å². The lowest BCUT2D eigenvalue weighted by atomic mass is 9.91. The van der Waals surface area contributed by atoms with Gasteiger partial charge >= 0.3 is 12.3 Å². The fraction of sp³-hybridized carbons (Fsp3) is 0.667. The standard InChI is InChI=1S/C30H41F3N8O3/c1-19-14-35-37(5)26(19)20-6-8-38(9-7-20)25-12-24(23(13-34)27(36-25)30(31,32)33)40-15-21(16-40)41-11-10-39(17-22(41)18-42)28(43)44-29(2,3)4/h12,14,20-22,42H,6-11,15-18H2,1-5H3/t22-/m1/s1. The summed E-state index contributed by atoms with van der Waals surface area (Å²) >= 11 is 0. The number of nitrogens with zero attached hydrogens (tertiary/aromatic N) is 8. The van der Waals surface area contributed by atoms with Crippen LogP contribution < -0.4 is 9.80 Å². The first kappa shape index (κ1) is 31.8. The van der Waals surface area contributed by atoms with Gasteiger partial charge in [0.25, 0.3) is 0 Å². The van der Waals surface area contributed by atoms with Gasteiger partial charge in [-0.1, -0.05) is 0 Å². The van der Waals surface area contributed by atoms with Gasteiger partial charge in [0.05, 0.1) is 24.5 Å². The van der Waals surface area contributed by atoms with Crippen molar-refractivity contribution >= 4 is 17.6 Å². The molecule has 3 aliphatic rings. The van der Waals surface area contributed by atoms with Crippen molar-refractivity contribution in [2.24, 2.45) is 7.05 Å². The van der Waals surface area contributed by atoms with E-state index in [9.17, 15) is 28.3 Å². The maximum atomic E-state index is 14.2. The molecule has 0 radical (unpaired) electrons. The van der Waals surface area contributed by atoms with Gasteiger partial charge in [-0.25, -0.2) is 9.78 Å². The average molecular weight is 619 g/mol. The van der Waals surface area contributed by atoms with Gasteiger partial charge in [-0.3, -0.25) is 9.58 Å². The number of carbonyl (C=O) groups is 1. The summed E-state index contributed by atoms with van der Waals surface area (Å²) in [6.07, 6.45) is -1.89. The Morgan fingerprint density at radius 2 is 1.80 bits per heavy atom. The minimum absolute atomic E-state index is 0.0525. The molecular weight excluding hydrogens is 577 g/mol. The van der Waals surface area contributed by atoms with E-state index in [0.29, 0.717) is 39.3 Å². The third-order valence-corrected chi connectivity index (χ3v) is 8.81. The molecule has 1 atom stereocenters. The summed E-state index contributed by atoms with van der Waals surface area (Å²) in [5.74, 6) is 0.472. The first-order valence-corrected chi connectivity index (χ1v) is 15.1. The van der Waals surface area contributed by atoms with Crippen molar-refractivity contribution in [3.63, 3.8) is 0 Å². The van der Waals surface area contributed by atoms with Gasteiger partial charge < -0.3 is 24.5 Å². The number of amides is 1. The van der Waals surface area contributed by atoms with E-state index in [0.717, 1.165) is 24.1 Å². The molecule has 44 heavy (non-hydrogen) atoms. The number of hydrogen-bond acceptors (Lipinski definition) is 9. The highest BCUT2D eigenvalue weighted by atomic mass is 19.4. The maximum absolute atomic E-state index is 14.2. The highest BCUT2D eigenvalue weighted by Gasteiger charge is 2.43. The monoisotopic (exact) mass is 618 g/mol. The Morgan fingerprint density at radius 3 is 2.34 bits per heavy atom. The normalized spacial score (nSPS) is 20.9. The Hall–Kier alpha value is -3.57. The predicted molar refractivity (Wildman–Crippen MR) is 157 cm³/mol. The summed E-state index contributed by atoms with van der Waals surface area (Å²) in [7, 11) is 1.91.